The second-order valence-corrected chi connectivity index (χ2v) is 4.82. The molecule has 0 aliphatic rings. The van der Waals surface area contributed by atoms with E-state index in [1.54, 1.807) is 44.2 Å². The zero-order chi connectivity index (χ0) is 14.7. The molecule has 3 N–H and O–H groups in total. The van der Waals surface area contributed by atoms with Gasteiger partial charge in [-0.3, -0.25) is 4.79 Å². The monoisotopic (exact) mass is 286 g/mol. The Balaban J connectivity index is 2.19. The predicted octanol–water partition coefficient (Wildman–Crippen LogP) is 1.98. The van der Waals surface area contributed by atoms with E-state index >= 15 is 0 Å². The number of thiocarbonyl (C=S) groups is 1. The number of aryl methyl sites for hydroxylation is 2. The van der Waals surface area contributed by atoms with Gasteiger partial charge in [-0.25, -0.2) is 0 Å². The number of nitrogens with one attached hydrogen (secondary N) is 1. The Labute approximate surface area is 122 Å². The summed E-state index contributed by atoms with van der Waals surface area (Å²) in [6, 6.07) is 8.75. The predicted molar refractivity (Wildman–Crippen MR) is 81.8 cm³/mol. The highest BCUT2D eigenvalue weighted by molar-refractivity contribution is 7.80. The lowest BCUT2D eigenvalue weighted by molar-refractivity contribution is 0.102. The van der Waals surface area contributed by atoms with E-state index in [4.69, 9.17) is 18.0 Å². The van der Waals surface area contributed by atoms with Crippen LogP contribution in [-0.4, -0.2) is 21.1 Å². The Bertz CT molecular complexity index is 667. The molecule has 1 heterocycles. The van der Waals surface area contributed by atoms with Crippen molar-refractivity contribution in [2.75, 3.05) is 5.32 Å². The Morgan fingerprint density at radius 1 is 1.20 bits per heavy atom. The summed E-state index contributed by atoms with van der Waals surface area (Å²) in [4.78, 5) is 12.5. The summed E-state index contributed by atoms with van der Waals surface area (Å²) >= 11 is 4.88. The van der Waals surface area contributed by atoms with Crippen LogP contribution in [0.4, 0.5) is 5.69 Å². The number of benzene rings is 1. The molecule has 0 spiro atoms. The first-order valence-corrected chi connectivity index (χ1v) is 6.40. The van der Waals surface area contributed by atoms with Crippen molar-refractivity contribution in [2.24, 2.45) is 5.73 Å². The molecule has 0 aliphatic heterocycles. The van der Waals surface area contributed by atoms with Crippen LogP contribution in [0.15, 0.2) is 30.3 Å². The molecule has 0 saturated carbocycles. The molecule has 0 bridgehead atoms. The Morgan fingerprint density at radius 2 is 1.85 bits per heavy atom. The van der Waals surface area contributed by atoms with Crippen molar-refractivity contribution in [1.82, 2.24) is 10.2 Å². The van der Waals surface area contributed by atoms with Gasteiger partial charge in [0, 0.05) is 11.3 Å². The largest absolute Gasteiger partial charge is 0.389 e. The summed E-state index contributed by atoms with van der Waals surface area (Å²) in [6.07, 6.45) is 0. The Morgan fingerprint density at radius 3 is 2.45 bits per heavy atom. The number of nitrogens with zero attached hydrogens (tertiary/aromatic N) is 2. The first-order chi connectivity index (χ1) is 9.47. The molecule has 0 radical (unpaired) electrons. The molecule has 20 heavy (non-hydrogen) atoms. The fourth-order valence-corrected chi connectivity index (χ4v) is 1.83. The Hall–Kier alpha value is -2.34. The maximum absolute atomic E-state index is 12.2. The van der Waals surface area contributed by atoms with Gasteiger partial charge in [0.1, 0.15) is 4.99 Å². The molecule has 0 saturated heterocycles. The highest BCUT2D eigenvalue weighted by Crippen LogP contribution is 2.13. The van der Waals surface area contributed by atoms with E-state index in [9.17, 15) is 4.79 Å². The van der Waals surface area contributed by atoms with Crippen LogP contribution in [0, 0.1) is 13.8 Å². The summed E-state index contributed by atoms with van der Waals surface area (Å²) in [5.74, 6) is -0.219. The molecule has 102 valence electrons. The van der Waals surface area contributed by atoms with Crippen molar-refractivity contribution in [3.8, 4) is 0 Å². The SMILES string of the molecule is Cc1cc(C(=O)Nc2ccc(C(N)=S)cc2)c(C)nn1. The van der Waals surface area contributed by atoms with Crippen LogP contribution in [0.3, 0.4) is 0 Å². The lowest BCUT2D eigenvalue weighted by Gasteiger charge is -2.08. The zero-order valence-corrected chi connectivity index (χ0v) is 12.0. The molecule has 2 rings (SSSR count). The molecule has 0 unspecified atom stereocenters. The van der Waals surface area contributed by atoms with E-state index < -0.39 is 0 Å². The highest BCUT2D eigenvalue weighted by atomic mass is 32.1. The minimum Gasteiger partial charge on any atom is -0.389 e. The average molecular weight is 286 g/mol. The summed E-state index contributed by atoms with van der Waals surface area (Å²) in [5, 5.41) is 10.6. The number of nitrogens with two attached hydrogens (primary N) is 1. The molecule has 5 nitrogen and oxygen atoms in total. The van der Waals surface area contributed by atoms with E-state index in [0.717, 1.165) is 5.56 Å². The minimum absolute atomic E-state index is 0.219. The summed E-state index contributed by atoms with van der Waals surface area (Å²) < 4.78 is 0. The van der Waals surface area contributed by atoms with Gasteiger partial charge in [-0.15, -0.1) is 0 Å². The number of hydrogen-bond donors (Lipinski definition) is 2. The van der Waals surface area contributed by atoms with Crippen LogP contribution in [0.25, 0.3) is 0 Å². The molecule has 2 aromatic rings. The first-order valence-electron chi connectivity index (χ1n) is 5.99. The van der Waals surface area contributed by atoms with Crippen molar-refractivity contribution in [3.05, 3.63) is 52.8 Å². The summed E-state index contributed by atoms with van der Waals surface area (Å²) in [5.41, 5.74) is 8.75. The fourth-order valence-electron chi connectivity index (χ4n) is 1.70. The van der Waals surface area contributed by atoms with Crippen molar-refractivity contribution in [3.63, 3.8) is 0 Å². The highest BCUT2D eigenvalue weighted by Gasteiger charge is 2.11. The molecule has 6 heteroatoms. The number of aromatic nitrogens is 2. The summed E-state index contributed by atoms with van der Waals surface area (Å²) in [7, 11) is 0. The topological polar surface area (TPSA) is 80.9 Å². The molecular formula is C14H14N4OS. The van der Waals surface area contributed by atoms with Crippen LogP contribution < -0.4 is 11.1 Å². The third-order valence-corrected chi connectivity index (χ3v) is 3.01. The molecule has 0 fully saturated rings. The van der Waals surface area contributed by atoms with Crippen LogP contribution >= 0.6 is 12.2 Å². The van der Waals surface area contributed by atoms with Crippen LogP contribution in [0.5, 0.6) is 0 Å². The van der Waals surface area contributed by atoms with Gasteiger partial charge in [-0.2, -0.15) is 10.2 Å². The quantitative estimate of drug-likeness (QED) is 0.843. The van der Waals surface area contributed by atoms with Crippen molar-refractivity contribution in [2.45, 2.75) is 13.8 Å². The van der Waals surface area contributed by atoms with E-state index in [1.807, 2.05) is 0 Å². The van der Waals surface area contributed by atoms with Crippen molar-refractivity contribution in [1.29, 1.82) is 0 Å². The normalized spacial score (nSPS) is 10.1. The van der Waals surface area contributed by atoms with Crippen LogP contribution in [0.2, 0.25) is 0 Å². The maximum atomic E-state index is 12.2. The maximum Gasteiger partial charge on any atom is 0.257 e. The van der Waals surface area contributed by atoms with E-state index in [0.29, 0.717) is 27.6 Å². The molecule has 1 aromatic heterocycles. The molecule has 0 aliphatic carbocycles. The number of carbonyl (C=O) groups is 1. The fraction of sp³-hybridized carbons (Fsp3) is 0.143. The minimum atomic E-state index is -0.219. The van der Waals surface area contributed by atoms with Crippen LogP contribution in [0.1, 0.15) is 27.3 Å². The van der Waals surface area contributed by atoms with Gasteiger partial charge in [0.05, 0.1) is 17.0 Å². The lowest BCUT2D eigenvalue weighted by atomic mass is 10.1. The van der Waals surface area contributed by atoms with Gasteiger partial charge in [0.15, 0.2) is 0 Å². The lowest BCUT2D eigenvalue weighted by Crippen LogP contribution is -2.15. The number of hydrogen-bond acceptors (Lipinski definition) is 4. The first kappa shape index (κ1) is 14.1. The van der Waals surface area contributed by atoms with E-state index in [1.165, 1.54) is 0 Å². The molecule has 0 atom stereocenters. The number of anilines is 1. The molecular weight excluding hydrogens is 272 g/mol. The number of amides is 1. The number of rotatable bonds is 3. The second-order valence-electron chi connectivity index (χ2n) is 4.38. The standard InChI is InChI=1S/C14H14N4OS/c1-8-7-12(9(2)18-17-8)14(19)16-11-5-3-10(4-6-11)13(15)20/h3-7H,1-2H3,(H2,15,20)(H,16,19). The van der Waals surface area contributed by atoms with Crippen molar-refractivity contribution < 1.29 is 4.79 Å². The van der Waals surface area contributed by atoms with Gasteiger partial charge in [-0.05, 0) is 44.2 Å². The van der Waals surface area contributed by atoms with Gasteiger partial charge in [0.2, 0.25) is 0 Å². The van der Waals surface area contributed by atoms with Gasteiger partial charge < -0.3 is 11.1 Å². The zero-order valence-electron chi connectivity index (χ0n) is 11.2. The molecule has 1 amide bonds. The molecule has 1 aromatic carbocycles. The van der Waals surface area contributed by atoms with Crippen molar-refractivity contribution >= 4 is 28.8 Å². The number of carbonyl (C=O) groups excluding carboxylic acids is 1. The average Bonchev–Trinajstić information content (AvgIpc) is 2.42. The van der Waals surface area contributed by atoms with E-state index in [2.05, 4.69) is 15.5 Å². The third-order valence-electron chi connectivity index (χ3n) is 2.77. The summed E-state index contributed by atoms with van der Waals surface area (Å²) in [6.45, 7) is 3.54. The van der Waals surface area contributed by atoms with Gasteiger partial charge in [-0.1, -0.05) is 12.2 Å². The smallest absolute Gasteiger partial charge is 0.257 e. The third kappa shape index (κ3) is 3.16. The van der Waals surface area contributed by atoms with E-state index in [-0.39, 0.29) is 5.91 Å². The van der Waals surface area contributed by atoms with Gasteiger partial charge >= 0.3 is 0 Å². The Kier molecular flexibility index (Phi) is 4.05. The van der Waals surface area contributed by atoms with Gasteiger partial charge in [0.25, 0.3) is 5.91 Å². The van der Waals surface area contributed by atoms with Crippen LogP contribution in [-0.2, 0) is 0 Å². The second kappa shape index (κ2) is 5.75.